The minimum atomic E-state index is 0.472. The van der Waals surface area contributed by atoms with E-state index in [1.807, 2.05) is 35.7 Å². The first kappa shape index (κ1) is 12.7. The summed E-state index contributed by atoms with van der Waals surface area (Å²) in [5, 5.41) is 9.82. The molecule has 3 aromatic rings. The molecule has 1 aromatic carbocycles. The number of nitrogens with one attached hydrogen (secondary N) is 1. The van der Waals surface area contributed by atoms with Crippen molar-refractivity contribution in [2.45, 2.75) is 0 Å². The number of aromatic nitrogens is 2. The Hall–Kier alpha value is -1.30. The molecule has 0 saturated carbocycles. The van der Waals surface area contributed by atoms with E-state index in [0.29, 0.717) is 10.8 Å². The number of thiophene rings is 1. The molecule has 0 saturated heterocycles. The van der Waals surface area contributed by atoms with Crippen molar-refractivity contribution in [3.05, 3.63) is 44.5 Å². The first-order valence-corrected chi connectivity index (χ1v) is 7.54. The maximum absolute atomic E-state index is 6.04. The third-order valence-corrected chi connectivity index (χ3v) is 4.50. The van der Waals surface area contributed by atoms with Crippen LogP contribution in [0.15, 0.2) is 39.5 Å². The molecule has 0 atom stereocenters. The highest BCUT2D eigenvalue weighted by Gasteiger charge is 2.15. The van der Waals surface area contributed by atoms with Gasteiger partial charge in [-0.05, 0) is 39.7 Å². The van der Waals surface area contributed by atoms with Crippen molar-refractivity contribution >= 4 is 44.7 Å². The molecule has 0 amide bonds. The standard InChI is InChI=1S/C13H9BrClN3S/c14-10-5-8(6-19-10)12-11(13(16)18-17-12)7-2-1-3-9(15)4-7/h1-6H,(H3,16,17,18). The van der Waals surface area contributed by atoms with Crippen LogP contribution in [-0.2, 0) is 0 Å². The number of rotatable bonds is 2. The Kier molecular flexibility index (Phi) is 3.35. The lowest BCUT2D eigenvalue weighted by Gasteiger charge is -2.03. The minimum Gasteiger partial charge on any atom is -0.382 e. The van der Waals surface area contributed by atoms with E-state index in [-0.39, 0.29) is 0 Å². The van der Waals surface area contributed by atoms with Gasteiger partial charge in [0.05, 0.1) is 15.0 Å². The SMILES string of the molecule is Nc1n[nH]c(-c2csc(Br)c2)c1-c1cccc(Cl)c1. The molecule has 19 heavy (non-hydrogen) atoms. The van der Waals surface area contributed by atoms with Crippen molar-refractivity contribution in [3.8, 4) is 22.4 Å². The number of halogens is 2. The van der Waals surface area contributed by atoms with Gasteiger partial charge in [-0.3, -0.25) is 5.10 Å². The van der Waals surface area contributed by atoms with E-state index in [2.05, 4.69) is 26.1 Å². The molecular weight excluding hydrogens is 346 g/mol. The molecule has 2 aromatic heterocycles. The topological polar surface area (TPSA) is 54.7 Å². The Morgan fingerprint density at radius 2 is 2.11 bits per heavy atom. The summed E-state index contributed by atoms with van der Waals surface area (Å²) in [5.74, 6) is 0.472. The van der Waals surface area contributed by atoms with E-state index in [4.69, 9.17) is 17.3 Å². The van der Waals surface area contributed by atoms with Crippen molar-refractivity contribution in [1.82, 2.24) is 10.2 Å². The van der Waals surface area contributed by atoms with Crippen LogP contribution in [-0.4, -0.2) is 10.2 Å². The van der Waals surface area contributed by atoms with Gasteiger partial charge in [-0.1, -0.05) is 23.7 Å². The zero-order valence-electron chi connectivity index (χ0n) is 9.65. The summed E-state index contributed by atoms with van der Waals surface area (Å²) < 4.78 is 1.06. The number of nitrogen functional groups attached to an aromatic ring is 1. The van der Waals surface area contributed by atoms with E-state index in [1.54, 1.807) is 11.3 Å². The summed E-state index contributed by atoms with van der Waals surface area (Å²) in [6.45, 7) is 0. The van der Waals surface area contributed by atoms with Gasteiger partial charge in [-0.2, -0.15) is 5.10 Å². The lowest BCUT2D eigenvalue weighted by atomic mass is 10.0. The highest BCUT2D eigenvalue weighted by molar-refractivity contribution is 9.11. The second kappa shape index (κ2) is 5.00. The zero-order valence-corrected chi connectivity index (χ0v) is 12.8. The molecule has 2 heterocycles. The van der Waals surface area contributed by atoms with Crippen LogP contribution in [0.25, 0.3) is 22.4 Å². The van der Waals surface area contributed by atoms with Crippen LogP contribution in [0.1, 0.15) is 0 Å². The van der Waals surface area contributed by atoms with Crippen LogP contribution < -0.4 is 5.73 Å². The monoisotopic (exact) mass is 353 g/mol. The van der Waals surface area contributed by atoms with E-state index < -0.39 is 0 Å². The normalized spacial score (nSPS) is 10.8. The number of H-pyrrole nitrogens is 1. The van der Waals surface area contributed by atoms with E-state index in [1.165, 1.54) is 0 Å². The van der Waals surface area contributed by atoms with Gasteiger partial charge in [0.25, 0.3) is 0 Å². The van der Waals surface area contributed by atoms with Gasteiger partial charge in [0.15, 0.2) is 5.82 Å². The highest BCUT2D eigenvalue weighted by atomic mass is 79.9. The number of hydrogen-bond acceptors (Lipinski definition) is 3. The molecule has 3 N–H and O–H groups in total. The number of benzene rings is 1. The third-order valence-electron chi connectivity index (χ3n) is 2.76. The summed E-state index contributed by atoms with van der Waals surface area (Å²) in [5.41, 5.74) is 9.77. The summed E-state index contributed by atoms with van der Waals surface area (Å²) in [6, 6.07) is 9.62. The van der Waals surface area contributed by atoms with Gasteiger partial charge in [0.1, 0.15) is 0 Å². The predicted octanol–water partition coefficient (Wildman–Crippen LogP) is 4.80. The second-order valence-corrected chi connectivity index (χ2v) is 6.74. The first-order valence-electron chi connectivity index (χ1n) is 5.49. The third kappa shape index (κ3) is 2.41. The van der Waals surface area contributed by atoms with Gasteiger partial charge in [0, 0.05) is 16.0 Å². The fraction of sp³-hybridized carbons (Fsp3) is 0. The van der Waals surface area contributed by atoms with Crippen LogP contribution in [0, 0.1) is 0 Å². The van der Waals surface area contributed by atoms with Crippen LogP contribution in [0.5, 0.6) is 0 Å². The van der Waals surface area contributed by atoms with Gasteiger partial charge in [-0.15, -0.1) is 11.3 Å². The summed E-state index contributed by atoms with van der Waals surface area (Å²) >= 11 is 11.1. The number of nitrogens with zero attached hydrogens (tertiary/aromatic N) is 1. The number of aromatic amines is 1. The summed E-state index contributed by atoms with van der Waals surface area (Å²) in [4.78, 5) is 0. The second-order valence-electron chi connectivity index (χ2n) is 4.01. The average molecular weight is 355 g/mol. The lowest BCUT2D eigenvalue weighted by Crippen LogP contribution is -1.88. The average Bonchev–Trinajstić information content (AvgIpc) is 2.95. The van der Waals surface area contributed by atoms with Crippen LogP contribution >= 0.6 is 38.9 Å². The zero-order chi connectivity index (χ0) is 13.4. The van der Waals surface area contributed by atoms with E-state index in [0.717, 1.165) is 26.2 Å². The molecule has 0 aliphatic heterocycles. The molecular formula is C13H9BrClN3S. The summed E-state index contributed by atoms with van der Waals surface area (Å²) in [7, 11) is 0. The smallest absolute Gasteiger partial charge is 0.153 e. The molecule has 6 heteroatoms. The fourth-order valence-electron chi connectivity index (χ4n) is 1.94. The predicted molar refractivity (Wildman–Crippen MR) is 84.5 cm³/mol. The molecule has 0 radical (unpaired) electrons. The van der Waals surface area contributed by atoms with Crippen LogP contribution in [0.2, 0.25) is 5.02 Å². The maximum Gasteiger partial charge on any atom is 0.153 e. The van der Waals surface area contributed by atoms with Crippen molar-refractivity contribution in [3.63, 3.8) is 0 Å². The Balaban J connectivity index is 2.19. The molecule has 0 aliphatic carbocycles. The number of hydrogen-bond donors (Lipinski definition) is 2. The molecule has 0 aliphatic rings. The highest BCUT2D eigenvalue weighted by Crippen LogP contribution is 2.38. The Morgan fingerprint density at radius 1 is 1.26 bits per heavy atom. The molecule has 0 unspecified atom stereocenters. The Labute approximate surface area is 127 Å². The van der Waals surface area contributed by atoms with Gasteiger partial charge >= 0.3 is 0 Å². The number of nitrogens with two attached hydrogens (primary N) is 1. The summed E-state index contributed by atoms with van der Waals surface area (Å²) in [6.07, 6.45) is 0. The lowest BCUT2D eigenvalue weighted by molar-refractivity contribution is 1.10. The van der Waals surface area contributed by atoms with Crippen LogP contribution in [0.3, 0.4) is 0 Å². The van der Waals surface area contributed by atoms with Crippen molar-refractivity contribution in [2.75, 3.05) is 5.73 Å². The molecule has 0 spiro atoms. The van der Waals surface area contributed by atoms with Crippen molar-refractivity contribution in [2.24, 2.45) is 0 Å². The van der Waals surface area contributed by atoms with Crippen molar-refractivity contribution in [1.29, 1.82) is 0 Å². The van der Waals surface area contributed by atoms with Gasteiger partial charge in [0.2, 0.25) is 0 Å². The van der Waals surface area contributed by atoms with E-state index in [9.17, 15) is 0 Å². The molecule has 3 rings (SSSR count). The minimum absolute atomic E-state index is 0.472. The molecule has 0 bridgehead atoms. The van der Waals surface area contributed by atoms with Gasteiger partial charge < -0.3 is 5.73 Å². The number of anilines is 1. The van der Waals surface area contributed by atoms with E-state index >= 15 is 0 Å². The quantitative estimate of drug-likeness (QED) is 0.694. The molecule has 0 fully saturated rings. The maximum atomic E-state index is 6.04. The van der Waals surface area contributed by atoms with Crippen LogP contribution in [0.4, 0.5) is 5.82 Å². The first-order chi connectivity index (χ1) is 9.15. The van der Waals surface area contributed by atoms with Crippen molar-refractivity contribution < 1.29 is 0 Å². The fourth-order valence-corrected chi connectivity index (χ4v) is 3.28. The molecule has 3 nitrogen and oxygen atoms in total. The van der Waals surface area contributed by atoms with Gasteiger partial charge in [-0.25, -0.2) is 0 Å². The molecule has 96 valence electrons. The Morgan fingerprint density at radius 3 is 2.79 bits per heavy atom. The largest absolute Gasteiger partial charge is 0.382 e. The Bertz CT molecular complexity index is 735.